The minimum Gasteiger partial charge on any atom is -0.382 e. The monoisotopic (exact) mass is 282 g/mol. The molecule has 0 saturated heterocycles. The van der Waals surface area contributed by atoms with Gasteiger partial charge in [-0.05, 0) is 41.2 Å². The van der Waals surface area contributed by atoms with Crippen molar-refractivity contribution in [1.29, 1.82) is 0 Å². The number of hydrogen-bond acceptors (Lipinski definition) is 4. The van der Waals surface area contributed by atoms with Crippen molar-refractivity contribution in [2.24, 2.45) is 0 Å². The van der Waals surface area contributed by atoms with Crippen molar-refractivity contribution in [3.63, 3.8) is 0 Å². The SMILES string of the molecule is CCOCCCNc1nc(C)cn1CCN(C)C(C)C. The van der Waals surface area contributed by atoms with Crippen LogP contribution in [0.3, 0.4) is 0 Å². The Morgan fingerprint density at radius 3 is 2.85 bits per heavy atom. The second kappa shape index (κ2) is 8.97. The third-order valence-electron chi connectivity index (χ3n) is 3.42. The van der Waals surface area contributed by atoms with E-state index in [0.29, 0.717) is 6.04 Å². The number of likely N-dealkylation sites (N-methyl/N-ethyl adjacent to an activating group) is 1. The number of ether oxygens (including phenoxy) is 1. The number of aromatic nitrogens is 2. The normalized spacial score (nSPS) is 11.6. The molecule has 20 heavy (non-hydrogen) atoms. The third kappa shape index (κ3) is 5.92. The van der Waals surface area contributed by atoms with E-state index in [1.807, 2.05) is 13.8 Å². The van der Waals surface area contributed by atoms with Gasteiger partial charge >= 0.3 is 0 Å². The summed E-state index contributed by atoms with van der Waals surface area (Å²) in [5.41, 5.74) is 1.06. The van der Waals surface area contributed by atoms with E-state index in [1.54, 1.807) is 0 Å². The van der Waals surface area contributed by atoms with Gasteiger partial charge in [0.25, 0.3) is 0 Å². The van der Waals surface area contributed by atoms with Crippen molar-refractivity contribution in [1.82, 2.24) is 14.5 Å². The summed E-state index contributed by atoms with van der Waals surface area (Å²) in [5.74, 6) is 0.969. The summed E-state index contributed by atoms with van der Waals surface area (Å²) in [6, 6.07) is 0.572. The van der Waals surface area contributed by atoms with E-state index >= 15 is 0 Å². The van der Waals surface area contributed by atoms with Gasteiger partial charge in [-0.3, -0.25) is 0 Å². The molecular weight excluding hydrogens is 252 g/mol. The van der Waals surface area contributed by atoms with Gasteiger partial charge in [0.1, 0.15) is 0 Å². The first kappa shape index (κ1) is 17.0. The van der Waals surface area contributed by atoms with E-state index in [2.05, 4.69) is 46.9 Å². The minimum atomic E-state index is 0.572. The Hall–Kier alpha value is -1.07. The maximum absolute atomic E-state index is 5.34. The highest BCUT2D eigenvalue weighted by atomic mass is 16.5. The Kier molecular flexibility index (Phi) is 7.62. The predicted octanol–water partition coefficient (Wildman–Crippen LogP) is 2.37. The van der Waals surface area contributed by atoms with Crippen molar-refractivity contribution < 1.29 is 4.74 Å². The van der Waals surface area contributed by atoms with Crippen molar-refractivity contribution in [2.75, 3.05) is 38.7 Å². The molecule has 1 aromatic rings. The van der Waals surface area contributed by atoms with E-state index < -0.39 is 0 Å². The standard InChI is InChI=1S/C15H30N4O/c1-6-20-11-7-8-16-15-17-14(4)12-19(15)10-9-18(5)13(2)3/h12-13H,6-11H2,1-5H3,(H,16,17). The topological polar surface area (TPSA) is 42.3 Å². The lowest BCUT2D eigenvalue weighted by Crippen LogP contribution is -2.29. The lowest BCUT2D eigenvalue weighted by molar-refractivity contribution is 0.147. The zero-order chi connectivity index (χ0) is 15.0. The van der Waals surface area contributed by atoms with Crippen molar-refractivity contribution in [3.05, 3.63) is 11.9 Å². The van der Waals surface area contributed by atoms with Crippen LogP contribution in [0.4, 0.5) is 5.95 Å². The van der Waals surface area contributed by atoms with Crippen LogP contribution in [0.25, 0.3) is 0 Å². The number of imidazole rings is 1. The fourth-order valence-electron chi connectivity index (χ4n) is 1.90. The van der Waals surface area contributed by atoms with Crippen molar-refractivity contribution in [2.45, 2.75) is 46.7 Å². The highest BCUT2D eigenvalue weighted by molar-refractivity contribution is 5.28. The minimum absolute atomic E-state index is 0.572. The van der Waals surface area contributed by atoms with Gasteiger partial charge in [0.05, 0.1) is 5.69 Å². The molecule has 0 fully saturated rings. The molecule has 1 rings (SSSR count). The molecule has 0 atom stereocenters. The Bertz CT molecular complexity index is 376. The Labute approximate surface area is 123 Å². The molecule has 1 N–H and O–H groups in total. The molecule has 0 amide bonds. The summed E-state index contributed by atoms with van der Waals surface area (Å²) >= 11 is 0. The molecular formula is C15H30N4O. The fraction of sp³-hybridized carbons (Fsp3) is 0.800. The van der Waals surface area contributed by atoms with Crippen LogP contribution in [-0.4, -0.2) is 53.8 Å². The molecule has 0 aromatic carbocycles. The molecule has 1 aromatic heterocycles. The Balaban J connectivity index is 2.42. The Morgan fingerprint density at radius 2 is 2.20 bits per heavy atom. The molecule has 0 radical (unpaired) electrons. The summed E-state index contributed by atoms with van der Waals surface area (Å²) in [7, 11) is 2.16. The molecule has 0 saturated carbocycles. The quantitative estimate of drug-likeness (QED) is 0.669. The van der Waals surface area contributed by atoms with Gasteiger partial charge in [-0.25, -0.2) is 4.98 Å². The molecule has 116 valence electrons. The van der Waals surface area contributed by atoms with Crippen LogP contribution in [-0.2, 0) is 11.3 Å². The maximum Gasteiger partial charge on any atom is 0.203 e. The van der Waals surface area contributed by atoms with Gasteiger partial charge in [0.2, 0.25) is 5.95 Å². The molecule has 5 nitrogen and oxygen atoms in total. The molecule has 0 spiro atoms. The number of nitrogens with one attached hydrogen (secondary N) is 1. The lowest BCUT2D eigenvalue weighted by atomic mass is 10.3. The first-order chi connectivity index (χ1) is 9.54. The average molecular weight is 282 g/mol. The molecule has 0 aliphatic heterocycles. The van der Waals surface area contributed by atoms with Gasteiger partial charge < -0.3 is 19.5 Å². The van der Waals surface area contributed by atoms with E-state index in [4.69, 9.17) is 4.74 Å². The smallest absolute Gasteiger partial charge is 0.203 e. The van der Waals surface area contributed by atoms with E-state index in [9.17, 15) is 0 Å². The van der Waals surface area contributed by atoms with Gasteiger partial charge in [0, 0.05) is 45.1 Å². The van der Waals surface area contributed by atoms with Gasteiger partial charge in [-0.1, -0.05) is 0 Å². The highest BCUT2D eigenvalue weighted by Gasteiger charge is 2.07. The van der Waals surface area contributed by atoms with Crippen LogP contribution < -0.4 is 5.32 Å². The summed E-state index contributed by atoms with van der Waals surface area (Å²) in [5, 5.41) is 3.40. The molecule has 0 aliphatic carbocycles. The fourth-order valence-corrected chi connectivity index (χ4v) is 1.90. The first-order valence-electron chi connectivity index (χ1n) is 7.60. The van der Waals surface area contributed by atoms with Crippen LogP contribution >= 0.6 is 0 Å². The van der Waals surface area contributed by atoms with Gasteiger partial charge in [-0.15, -0.1) is 0 Å². The van der Waals surface area contributed by atoms with Crippen LogP contribution in [0.2, 0.25) is 0 Å². The maximum atomic E-state index is 5.34. The molecule has 0 bridgehead atoms. The molecule has 0 aliphatic rings. The first-order valence-corrected chi connectivity index (χ1v) is 7.60. The van der Waals surface area contributed by atoms with E-state index in [0.717, 1.165) is 50.9 Å². The zero-order valence-corrected chi connectivity index (χ0v) is 13.6. The zero-order valence-electron chi connectivity index (χ0n) is 13.6. The van der Waals surface area contributed by atoms with Crippen molar-refractivity contribution in [3.8, 4) is 0 Å². The predicted molar refractivity (Wildman–Crippen MR) is 84.3 cm³/mol. The number of anilines is 1. The van der Waals surface area contributed by atoms with Crippen LogP contribution in [0, 0.1) is 6.92 Å². The average Bonchev–Trinajstić information content (AvgIpc) is 2.76. The van der Waals surface area contributed by atoms with Crippen molar-refractivity contribution >= 4 is 5.95 Å². The second-order valence-corrected chi connectivity index (χ2v) is 5.45. The van der Waals surface area contributed by atoms with Crippen LogP contribution in [0.15, 0.2) is 6.20 Å². The van der Waals surface area contributed by atoms with Crippen LogP contribution in [0.5, 0.6) is 0 Å². The number of nitrogens with zero attached hydrogens (tertiary/aromatic N) is 3. The van der Waals surface area contributed by atoms with E-state index in [1.165, 1.54) is 0 Å². The lowest BCUT2D eigenvalue weighted by Gasteiger charge is -2.21. The number of rotatable bonds is 10. The van der Waals surface area contributed by atoms with Gasteiger partial charge in [0.15, 0.2) is 0 Å². The molecule has 5 heteroatoms. The third-order valence-corrected chi connectivity index (χ3v) is 3.42. The second-order valence-electron chi connectivity index (χ2n) is 5.45. The van der Waals surface area contributed by atoms with Gasteiger partial charge in [-0.2, -0.15) is 0 Å². The highest BCUT2D eigenvalue weighted by Crippen LogP contribution is 2.09. The summed E-state index contributed by atoms with van der Waals surface area (Å²) < 4.78 is 7.54. The summed E-state index contributed by atoms with van der Waals surface area (Å²) in [6.45, 7) is 13.0. The number of hydrogen-bond donors (Lipinski definition) is 1. The van der Waals surface area contributed by atoms with Crippen LogP contribution in [0.1, 0.15) is 32.9 Å². The Morgan fingerprint density at radius 1 is 1.45 bits per heavy atom. The molecule has 0 unspecified atom stereocenters. The summed E-state index contributed by atoms with van der Waals surface area (Å²) in [4.78, 5) is 6.89. The van der Waals surface area contributed by atoms with E-state index in [-0.39, 0.29) is 0 Å². The largest absolute Gasteiger partial charge is 0.382 e. The molecule has 1 heterocycles. The summed E-state index contributed by atoms with van der Waals surface area (Å²) in [6.07, 6.45) is 3.12. The number of aryl methyl sites for hydroxylation is 1.